The fraction of sp³-hybridized carbons (Fsp3) is 0.143. The van der Waals surface area contributed by atoms with Gasteiger partial charge in [0.1, 0.15) is 4.90 Å². The quantitative estimate of drug-likeness (QED) is 0.720. The predicted octanol–water partition coefficient (Wildman–Crippen LogP) is 2.42. The summed E-state index contributed by atoms with van der Waals surface area (Å²) in [7, 11) is -4.57. The SMILES string of the molecule is Cc1cc(Br)ccc1S(=O)(=O)F. The molecule has 0 atom stereocenters. The van der Waals surface area contributed by atoms with Crippen LogP contribution in [0.1, 0.15) is 5.56 Å². The highest BCUT2D eigenvalue weighted by Crippen LogP contribution is 2.21. The van der Waals surface area contributed by atoms with E-state index in [0.29, 0.717) is 5.56 Å². The van der Waals surface area contributed by atoms with E-state index >= 15 is 0 Å². The van der Waals surface area contributed by atoms with E-state index in [2.05, 4.69) is 15.9 Å². The van der Waals surface area contributed by atoms with Crippen LogP contribution < -0.4 is 0 Å². The minimum atomic E-state index is -4.57. The van der Waals surface area contributed by atoms with Gasteiger partial charge in [-0.05, 0) is 30.7 Å². The number of hydrogen-bond acceptors (Lipinski definition) is 2. The molecule has 0 N–H and O–H groups in total. The maximum absolute atomic E-state index is 12.5. The number of halogens is 2. The molecule has 0 bridgehead atoms. The summed E-state index contributed by atoms with van der Waals surface area (Å²) in [5.74, 6) is 0. The molecule has 0 aliphatic heterocycles. The van der Waals surface area contributed by atoms with Crippen molar-refractivity contribution < 1.29 is 12.3 Å². The molecule has 0 unspecified atom stereocenters. The van der Waals surface area contributed by atoms with Crippen molar-refractivity contribution in [2.24, 2.45) is 0 Å². The summed E-state index contributed by atoms with van der Waals surface area (Å²) in [5.41, 5.74) is 0.395. The van der Waals surface area contributed by atoms with Gasteiger partial charge in [0.15, 0.2) is 0 Å². The zero-order chi connectivity index (χ0) is 9.35. The van der Waals surface area contributed by atoms with E-state index in [1.165, 1.54) is 19.1 Å². The lowest BCUT2D eigenvalue weighted by Crippen LogP contribution is -1.94. The molecule has 0 saturated heterocycles. The molecule has 5 heteroatoms. The van der Waals surface area contributed by atoms with Gasteiger partial charge in [0, 0.05) is 4.47 Å². The Morgan fingerprint density at radius 2 is 2.00 bits per heavy atom. The van der Waals surface area contributed by atoms with Gasteiger partial charge in [-0.25, -0.2) is 0 Å². The van der Waals surface area contributed by atoms with Gasteiger partial charge in [-0.1, -0.05) is 15.9 Å². The lowest BCUT2D eigenvalue weighted by molar-refractivity contribution is 0.551. The second-order valence-electron chi connectivity index (χ2n) is 2.35. The summed E-state index contributed by atoms with van der Waals surface area (Å²) < 4.78 is 34.2. The van der Waals surface area contributed by atoms with Crippen LogP contribution >= 0.6 is 15.9 Å². The van der Waals surface area contributed by atoms with Gasteiger partial charge in [0.2, 0.25) is 0 Å². The fourth-order valence-corrected chi connectivity index (χ4v) is 2.04. The topological polar surface area (TPSA) is 34.1 Å². The van der Waals surface area contributed by atoms with Gasteiger partial charge < -0.3 is 0 Å². The van der Waals surface area contributed by atoms with E-state index in [0.717, 1.165) is 4.47 Å². The fourth-order valence-electron chi connectivity index (χ4n) is 0.886. The van der Waals surface area contributed by atoms with Crippen molar-refractivity contribution >= 4 is 26.2 Å². The monoisotopic (exact) mass is 252 g/mol. The molecule has 0 aliphatic rings. The zero-order valence-electron chi connectivity index (χ0n) is 6.21. The lowest BCUT2D eigenvalue weighted by Gasteiger charge is -1.99. The normalized spacial score (nSPS) is 11.6. The van der Waals surface area contributed by atoms with Crippen LogP contribution in [0.4, 0.5) is 3.89 Å². The van der Waals surface area contributed by atoms with Crippen molar-refractivity contribution in [3.05, 3.63) is 28.2 Å². The molecule has 0 amide bonds. The third kappa shape index (κ3) is 2.04. The Labute approximate surface area is 78.8 Å². The molecule has 0 fully saturated rings. The predicted molar refractivity (Wildman–Crippen MR) is 47.2 cm³/mol. The van der Waals surface area contributed by atoms with Crippen LogP contribution in [0, 0.1) is 6.92 Å². The molecule has 0 radical (unpaired) electrons. The molecular formula is C7H6BrFO2S. The van der Waals surface area contributed by atoms with Gasteiger partial charge >= 0.3 is 10.2 Å². The summed E-state index contributed by atoms with van der Waals surface area (Å²) in [6, 6.07) is 4.26. The maximum Gasteiger partial charge on any atom is 0.332 e. The van der Waals surface area contributed by atoms with Crippen LogP contribution in [0.15, 0.2) is 27.6 Å². The van der Waals surface area contributed by atoms with Crippen molar-refractivity contribution in [3.63, 3.8) is 0 Å². The number of hydrogen-bond donors (Lipinski definition) is 0. The van der Waals surface area contributed by atoms with E-state index < -0.39 is 10.2 Å². The minimum Gasteiger partial charge on any atom is -0.189 e. The second-order valence-corrected chi connectivity index (χ2v) is 4.58. The zero-order valence-corrected chi connectivity index (χ0v) is 8.62. The Morgan fingerprint density at radius 1 is 1.42 bits per heavy atom. The van der Waals surface area contributed by atoms with E-state index in [1.807, 2.05) is 0 Å². The average Bonchev–Trinajstić information content (AvgIpc) is 1.83. The molecule has 66 valence electrons. The van der Waals surface area contributed by atoms with Gasteiger partial charge in [-0.2, -0.15) is 8.42 Å². The molecule has 0 saturated carbocycles. The first-order valence-corrected chi connectivity index (χ1v) is 5.30. The van der Waals surface area contributed by atoms with Crippen molar-refractivity contribution in [3.8, 4) is 0 Å². The third-order valence-corrected chi connectivity index (χ3v) is 2.88. The molecule has 2 nitrogen and oxygen atoms in total. The van der Waals surface area contributed by atoms with E-state index in [4.69, 9.17) is 0 Å². The molecule has 0 heterocycles. The third-order valence-electron chi connectivity index (χ3n) is 1.40. The first-order valence-electron chi connectivity index (χ1n) is 3.12. The summed E-state index contributed by atoms with van der Waals surface area (Å²) in [5, 5.41) is 0. The Bertz CT molecular complexity index is 400. The van der Waals surface area contributed by atoms with Crippen molar-refractivity contribution in [1.29, 1.82) is 0 Å². The van der Waals surface area contributed by atoms with Crippen LogP contribution in [0.5, 0.6) is 0 Å². The first kappa shape index (κ1) is 9.67. The van der Waals surface area contributed by atoms with Crippen LogP contribution in [0.3, 0.4) is 0 Å². The summed E-state index contributed by atoms with van der Waals surface area (Å²) in [4.78, 5) is -0.272. The van der Waals surface area contributed by atoms with E-state index in [9.17, 15) is 12.3 Å². The Hall–Kier alpha value is -0.420. The summed E-state index contributed by atoms with van der Waals surface area (Å²) >= 11 is 3.15. The van der Waals surface area contributed by atoms with Crippen LogP contribution in [0.25, 0.3) is 0 Å². The highest BCUT2D eigenvalue weighted by Gasteiger charge is 2.14. The van der Waals surface area contributed by atoms with Crippen molar-refractivity contribution in [2.45, 2.75) is 11.8 Å². The first-order chi connectivity index (χ1) is 5.41. The second kappa shape index (κ2) is 3.14. The largest absolute Gasteiger partial charge is 0.332 e. The van der Waals surface area contributed by atoms with Crippen LogP contribution in [0.2, 0.25) is 0 Å². The molecule has 0 spiro atoms. The molecule has 0 aliphatic carbocycles. The molecule has 12 heavy (non-hydrogen) atoms. The Kier molecular flexibility index (Phi) is 2.53. The Morgan fingerprint density at radius 3 is 2.42 bits per heavy atom. The maximum atomic E-state index is 12.5. The summed E-state index contributed by atoms with van der Waals surface area (Å²) in [6.07, 6.45) is 0. The highest BCUT2D eigenvalue weighted by atomic mass is 79.9. The molecule has 1 aromatic carbocycles. The van der Waals surface area contributed by atoms with Crippen LogP contribution in [-0.2, 0) is 10.2 Å². The molecular weight excluding hydrogens is 247 g/mol. The Balaban J connectivity index is 3.39. The van der Waals surface area contributed by atoms with Crippen molar-refractivity contribution in [1.82, 2.24) is 0 Å². The molecule has 0 aromatic heterocycles. The average molecular weight is 253 g/mol. The molecule has 1 rings (SSSR count). The van der Waals surface area contributed by atoms with Crippen LogP contribution in [-0.4, -0.2) is 8.42 Å². The smallest absolute Gasteiger partial charge is 0.189 e. The number of benzene rings is 1. The van der Waals surface area contributed by atoms with E-state index in [1.54, 1.807) is 6.07 Å². The number of rotatable bonds is 1. The van der Waals surface area contributed by atoms with Gasteiger partial charge in [-0.15, -0.1) is 3.89 Å². The standard InChI is InChI=1S/C7H6BrFO2S/c1-5-4-6(8)2-3-7(5)12(9,10)11/h2-4H,1H3. The minimum absolute atomic E-state index is 0.272. The molecule has 1 aromatic rings. The highest BCUT2D eigenvalue weighted by molar-refractivity contribution is 9.10. The lowest BCUT2D eigenvalue weighted by atomic mass is 10.2. The van der Waals surface area contributed by atoms with Gasteiger partial charge in [-0.3, -0.25) is 0 Å². The summed E-state index contributed by atoms with van der Waals surface area (Å²) in [6.45, 7) is 1.54. The van der Waals surface area contributed by atoms with Gasteiger partial charge in [0.05, 0.1) is 0 Å². The van der Waals surface area contributed by atoms with E-state index in [-0.39, 0.29) is 4.90 Å². The van der Waals surface area contributed by atoms with Gasteiger partial charge in [0.25, 0.3) is 0 Å². The van der Waals surface area contributed by atoms with Crippen molar-refractivity contribution in [2.75, 3.05) is 0 Å². The number of aryl methyl sites for hydroxylation is 1.